The molecule has 1 aromatic rings. The summed E-state index contributed by atoms with van der Waals surface area (Å²) in [5.74, 6) is 0.929. The van der Waals surface area contributed by atoms with Gasteiger partial charge in [-0.05, 0) is 26.7 Å². The molecular weight excluding hydrogens is 254 g/mol. The van der Waals surface area contributed by atoms with E-state index in [0.717, 1.165) is 64.0 Å². The summed E-state index contributed by atoms with van der Waals surface area (Å²) in [5, 5.41) is 3.36. The summed E-state index contributed by atoms with van der Waals surface area (Å²) in [6.07, 6.45) is 5.36. The molecule has 5 nitrogen and oxygen atoms in total. The minimum absolute atomic E-state index is 0.740. The van der Waals surface area contributed by atoms with Gasteiger partial charge in [-0.2, -0.15) is 0 Å². The highest BCUT2D eigenvalue weighted by atomic mass is 16.5. The van der Waals surface area contributed by atoms with E-state index < -0.39 is 0 Å². The fourth-order valence-electron chi connectivity index (χ4n) is 1.89. The van der Waals surface area contributed by atoms with Gasteiger partial charge in [-0.15, -0.1) is 0 Å². The van der Waals surface area contributed by atoms with E-state index in [4.69, 9.17) is 9.47 Å². The van der Waals surface area contributed by atoms with Crippen LogP contribution in [0.5, 0.6) is 0 Å². The first kappa shape index (κ1) is 17.0. The molecule has 0 amide bonds. The van der Waals surface area contributed by atoms with Crippen molar-refractivity contribution in [2.24, 2.45) is 0 Å². The van der Waals surface area contributed by atoms with E-state index in [-0.39, 0.29) is 0 Å². The van der Waals surface area contributed by atoms with E-state index in [1.807, 2.05) is 13.8 Å². The minimum atomic E-state index is 0.740. The number of hydrogen-bond acceptors (Lipinski definition) is 4. The van der Waals surface area contributed by atoms with Crippen LogP contribution in [0.4, 0.5) is 5.95 Å². The van der Waals surface area contributed by atoms with Crippen LogP contribution in [-0.2, 0) is 16.0 Å². The molecule has 0 fully saturated rings. The largest absolute Gasteiger partial charge is 0.382 e. The van der Waals surface area contributed by atoms with Gasteiger partial charge in [0, 0.05) is 39.1 Å². The fraction of sp³-hybridized carbons (Fsp3) is 0.800. The van der Waals surface area contributed by atoms with Crippen molar-refractivity contribution < 1.29 is 9.47 Å². The van der Waals surface area contributed by atoms with Gasteiger partial charge in [0.1, 0.15) is 0 Å². The van der Waals surface area contributed by atoms with Crippen molar-refractivity contribution in [3.05, 3.63) is 11.9 Å². The van der Waals surface area contributed by atoms with Gasteiger partial charge in [0.2, 0.25) is 5.95 Å². The van der Waals surface area contributed by atoms with Gasteiger partial charge in [-0.1, -0.05) is 13.3 Å². The number of rotatable bonds is 12. The zero-order valence-electron chi connectivity index (χ0n) is 13.2. The summed E-state index contributed by atoms with van der Waals surface area (Å²) in [6.45, 7) is 11.1. The van der Waals surface area contributed by atoms with E-state index in [9.17, 15) is 0 Å². The third-order valence-corrected chi connectivity index (χ3v) is 2.97. The molecule has 0 saturated heterocycles. The fourth-order valence-corrected chi connectivity index (χ4v) is 1.89. The highest BCUT2D eigenvalue weighted by molar-refractivity contribution is 5.28. The van der Waals surface area contributed by atoms with Crippen molar-refractivity contribution in [1.82, 2.24) is 9.55 Å². The van der Waals surface area contributed by atoms with Crippen LogP contribution in [-0.4, -0.2) is 42.5 Å². The highest BCUT2D eigenvalue weighted by Crippen LogP contribution is 2.08. The Balaban J connectivity index is 2.27. The smallest absolute Gasteiger partial charge is 0.203 e. The number of unbranched alkanes of at least 4 members (excludes halogenated alkanes) is 1. The summed E-state index contributed by atoms with van der Waals surface area (Å²) in [6, 6.07) is 0. The maximum Gasteiger partial charge on any atom is 0.203 e. The lowest BCUT2D eigenvalue weighted by atomic mass is 10.4. The zero-order valence-corrected chi connectivity index (χ0v) is 13.2. The van der Waals surface area contributed by atoms with E-state index in [0.29, 0.717) is 0 Å². The quantitative estimate of drug-likeness (QED) is 0.599. The lowest BCUT2D eigenvalue weighted by Gasteiger charge is -2.10. The first-order valence-electron chi connectivity index (χ1n) is 7.71. The maximum absolute atomic E-state index is 5.60. The van der Waals surface area contributed by atoms with Crippen LogP contribution >= 0.6 is 0 Å². The molecule has 1 N–H and O–H groups in total. The number of hydrogen-bond donors (Lipinski definition) is 1. The van der Waals surface area contributed by atoms with Crippen LogP contribution in [0.15, 0.2) is 6.20 Å². The van der Waals surface area contributed by atoms with Crippen LogP contribution in [0.3, 0.4) is 0 Å². The minimum Gasteiger partial charge on any atom is -0.382 e. The summed E-state index contributed by atoms with van der Waals surface area (Å²) in [5.41, 5.74) is 1.03. The second-order valence-corrected chi connectivity index (χ2v) is 4.84. The highest BCUT2D eigenvalue weighted by Gasteiger charge is 2.04. The zero-order chi connectivity index (χ0) is 14.6. The van der Waals surface area contributed by atoms with Gasteiger partial charge >= 0.3 is 0 Å². The summed E-state index contributed by atoms with van der Waals surface area (Å²) in [4.78, 5) is 4.50. The second-order valence-electron chi connectivity index (χ2n) is 4.84. The van der Waals surface area contributed by atoms with Crippen LogP contribution < -0.4 is 5.32 Å². The van der Waals surface area contributed by atoms with Gasteiger partial charge in [-0.3, -0.25) is 0 Å². The van der Waals surface area contributed by atoms with Crippen molar-refractivity contribution in [2.45, 2.75) is 46.6 Å². The average molecular weight is 283 g/mol. The normalized spacial score (nSPS) is 10.9. The van der Waals surface area contributed by atoms with Crippen molar-refractivity contribution in [3.8, 4) is 0 Å². The van der Waals surface area contributed by atoms with Crippen molar-refractivity contribution in [1.29, 1.82) is 0 Å². The van der Waals surface area contributed by atoms with Gasteiger partial charge in [0.25, 0.3) is 0 Å². The van der Waals surface area contributed by atoms with Gasteiger partial charge in [0.15, 0.2) is 0 Å². The molecule has 1 aromatic heterocycles. The Labute approximate surface area is 122 Å². The molecule has 0 bridgehead atoms. The van der Waals surface area contributed by atoms with Crippen LogP contribution in [0, 0.1) is 6.92 Å². The van der Waals surface area contributed by atoms with Gasteiger partial charge in [0.05, 0.1) is 12.3 Å². The first-order chi connectivity index (χ1) is 9.77. The molecule has 1 rings (SSSR count). The van der Waals surface area contributed by atoms with E-state index >= 15 is 0 Å². The van der Waals surface area contributed by atoms with E-state index in [2.05, 4.69) is 28.0 Å². The molecule has 0 aliphatic carbocycles. The molecule has 116 valence electrons. The third-order valence-electron chi connectivity index (χ3n) is 2.97. The lowest BCUT2D eigenvalue weighted by molar-refractivity contribution is 0.124. The number of imidazole rings is 1. The number of anilines is 1. The van der Waals surface area contributed by atoms with E-state index in [1.165, 1.54) is 6.42 Å². The third kappa shape index (κ3) is 6.91. The molecular formula is C15H29N3O2. The van der Waals surface area contributed by atoms with Crippen LogP contribution in [0.2, 0.25) is 0 Å². The Morgan fingerprint density at radius 2 is 1.95 bits per heavy atom. The summed E-state index contributed by atoms with van der Waals surface area (Å²) in [7, 11) is 0. The Hall–Kier alpha value is -1.07. The van der Waals surface area contributed by atoms with Crippen molar-refractivity contribution in [3.63, 3.8) is 0 Å². The standard InChI is InChI=1S/C15H29N3O2/c1-4-6-10-20-12-9-18-13-14(3)17-15(18)16-8-7-11-19-5-2/h13H,4-12H2,1-3H3,(H,16,17). The Morgan fingerprint density at radius 3 is 2.70 bits per heavy atom. The number of nitrogens with one attached hydrogen (secondary N) is 1. The van der Waals surface area contributed by atoms with Crippen molar-refractivity contribution in [2.75, 3.05) is 38.3 Å². The monoisotopic (exact) mass is 283 g/mol. The molecule has 20 heavy (non-hydrogen) atoms. The summed E-state index contributed by atoms with van der Waals surface area (Å²) < 4.78 is 13.1. The predicted molar refractivity (Wildman–Crippen MR) is 82.3 cm³/mol. The van der Waals surface area contributed by atoms with Crippen LogP contribution in [0.1, 0.15) is 38.8 Å². The van der Waals surface area contributed by atoms with E-state index in [1.54, 1.807) is 0 Å². The number of nitrogens with zero attached hydrogens (tertiary/aromatic N) is 2. The molecule has 0 atom stereocenters. The lowest BCUT2D eigenvalue weighted by Crippen LogP contribution is -2.13. The van der Waals surface area contributed by atoms with Crippen molar-refractivity contribution >= 4 is 5.95 Å². The van der Waals surface area contributed by atoms with Gasteiger partial charge < -0.3 is 19.4 Å². The molecule has 5 heteroatoms. The molecule has 0 spiro atoms. The molecule has 0 unspecified atom stereocenters. The molecule has 0 aromatic carbocycles. The Kier molecular flexibility index (Phi) is 9.07. The number of aromatic nitrogens is 2. The Morgan fingerprint density at radius 1 is 1.15 bits per heavy atom. The predicted octanol–water partition coefficient (Wildman–Crippen LogP) is 2.85. The van der Waals surface area contributed by atoms with Crippen LogP contribution in [0.25, 0.3) is 0 Å². The molecule has 0 saturated carbocycles. The van der Waals surface area contributed by atoms with Gasteiger partial charge in [-0.25, -0.2) is 4.98 Å². The number of aryl methyl sites for hydroxylation is 1. The molecule has 1 heterocycles. The molecule has 0 radical (unpaired) electrons. The topological polar surface area (TPSA) is 48.3 Å². The maximum atomic E-state index is 5.60. The first-order valence-corrected chi connectivity index (χ1v) is 7.71. The number of ether oxygens (including phenoxy) is 2. The second kappa shape index (κ2) is 10.7. The molecule has 0 aliphatic rings. The summed E-state index contributed by atoms with van der Waals surface area (Å²) >= 11 is 0. The average Bonchev–Trinajstić information content (AvgIpc) is 2.79. The SMILES string of the molecule is CCCCOCCn1cc(C)nc1NCCCOCC. The Bertz CT molecular complexity index is 321. The molecule has 0 aliphatic heterocycles.